The molecule has 0 aliphatic heterocycles. The first-order valence-corrected chi connectivity index (χ1v) is 12.3. The molecule has 0 spiro atoms. The van der Waals surface area contributed by atoms with E-state index in [0.717, 1.165) is 0 Å². The van der Waals surface area contributed by atoms with Crippen molar-refractivity contribution in [3.05, 3.63) is 0 Å². The lowest BCUT2D eigenvalue weighted by Crippen LogP contribution is -2.57. The molecule has 4 unspecified atom stereocenters. The normalized spacial score (nSPS) is 14.1. The summed E-state index contributed by atoms with van der Waals surface area (Å²) in [6, 6.07) is -5.39. The molecule has 0 saturated heterocycles. The van der Waals surface area contributed by atoms with Gasteiger partial charge in [0.15, 0.2) is 0 Å². The molecule has 15 heteroatoms. The molecule has 200 valence electrons. The SMILES string of the molecule is CSCCC(N)C(=O)NC(CC(=O)O)C(=O)NC(CCC(=O)O)C(=O)NC(CCCCN)C(=O)O. The Morgan fingerprint density at radius 2 is 1.34 bits per heavy atom. The minimum absolute atomic E-state index is 0.0590. The molecule has 0 radical (unpaired) electrons. The van der Waals surface area contributed by atoms with Crippen molar-refractivity contribution in [2.24, 2.45) is 11.5 Å². The van der Waals surface area contributed by atoms with Gasteiger partial charge in [-0.25, -0.2) is 4.79 Å². The summed E-state index contributed by atoms with van der Waals surface area (Å²) in [5.41, 5.74) is 11.1. The van der Waals surface area contributed by atoms with E-state index >= 15 is 0 Å². The number of nitrogens with one attached hydrogen (secondary N) is 3. The molecular weight excluding hydrogens is 486 g/mol. The Hall–Kier alpha value is -2.91. The highest BCUT2D eigenvalue weighted by atomic mass is 32.2. The second-order valence-electron chi connectivity index (χ2n) is 7.72. The Kier molecular flexibility index (Phi) is 16.1. The van der Waals surface area contributed by atoms with Crippen LogP contribution in [0, 0.1) is 0 Å². The van der Waals surface area contributed by atoms with E-state index < -0.39 is 79.1 Å². The fourth-order valence-electron chi connectivity index (χ4n) is 2.87. The quantitative estimate of drug-likeness (QED) is 0.0865. The molecule has 0 saturated carbocycles. The second kappa shape index (κ2) is 17.5. The van der Waals surface area contributed by atoms with Gasteiger partial charge in [-0.1, -0.05) is 0 Å². The summed E-state index contributed by atoms with van der Waals surface area (Å²) in [5.74, 6) is -6.25. The Morgan fingerprint density at radius 1 is 0.771 bits per heavy atom. The fraction of sp³-hybridized carbons (Fsp3) is 0.700. The Bertz CT molecular complexity index is 752. The van der Waals surface area contributed by atoms with E-state index in [4.69, 9.17) is 21.7 Å². The first kappa shape index (κ1) is 32.1. The van der Waals surface area contributed by atoms with E-state index in [-0.39, 0.29) is 12.8 Å². The molecule has 0 aromatic carbocycles. The molecule has 4 atom stereocenters. The predicted octanol–water partition coefficient (Wildman–Crippen LogP) is -1.93. The average Bonchev–Trinajstić information content (AvgIpc) is 2.78. The third kappa shape index (κ3) is 14.2. The lowest BCUT2D eigenvalue weighted by atomic mass is 10.1. The standard InChI is InChI=1S/C20H35N5O9S/c1-35-9-7-11(22)17(30)25-14(10-16(28)29)19(32)23-12(5-6-15(26)27)18(31)24-13(20(33)34)4-2-3-8-21/h11-14H,2-10,21-22H2,1H3,(H,23,32)(H,24,31)(H,25,30)(H,26,27)(H,28,29)(H,33,34). The number of carbonyl (C=O) groups is 6. The van der Waals surface area contributed by atoms with Crippen LogP contribution in [0.3, 0.4) is 0 Å². The number of hydrogen-bond donors (Lipinski definition) is 8. The van der Waals surface area contributed by atoms with Crippen molar-refractivity contribution in [1.29, 1.82) is 0 Å². The number of carboxylic acids is 3. The Balaban J connectivity index is 5.51. The molecule has 0 aliphatic rings. The number of carbonyl (C=O) groups excluding carboxylic acids is 3. The summed E-state index contributed by atoms with van der Waals surface area (Å²) in [6.07, 6.45) is 1.31. The number of hydrogen-bond acceptors (Lipinski definition) is 9. The van der Waals surface area contributed by atoms with Crippen LogP contribution in [0.25, 0.3) is 0 Å². The minimum atomic E-state index is -1.60. The van der Waals surface area contributed by atoms with E-state index in [0.29, 0.717) is 25.1 Å². The summed E-state index contributed by atoms with van der Waals surface area (Å²) in [4.78, 5) is 71.4. The van der Waals surface area contributed by atoms with Gasteiger partial charge in [-0.15, -0.1) is 0 Å². The summed E-state index contributed by atoms with van der Waals surface area (Å²) in [7, 11) is 0. The highest BCUT2D eigenvalue weighted by Crippen LogP contribution is 2.06. The Labute approximate surface area is 206 Å². The zero-order chi connectivity index (χ0) is 27.0. The van der Waals surface area contributed by atoms with Gasteiger partial charge in [-0.05, 0) is 50.7 Å². The molecule has 0 aliphatic carbocycles. The average molecular weight is 522 g/mol. The maximum atomic E-state index is 12.7. The molecule has 3 amide bonds. The van der Waals surface area contributed by atoms with Crippen LogP contribution < -0.4 is 27.4 Å². The number of amides is 3. The first-order chi connectivity index (χ1) is 16.4. The van der Waals surface area contributed by atoms with Gasteiger partial charge in [-0.2, -0.15) is 11.8 Å². The highest BCUT2D eigenvalue weighted by Gasteiger charge is 2.31. The van der Waals surface area contributed by atoms with E-state index in [9.17, 15) is 33.9 Å². The molecule has 10 N–H and O–H groups in total. The van der Waals surface area contributed by atoms with Crippen LogP contribution in [0.15, 0.2) is 0 Å². The van der Waals surface area contributed by atoms with Gasteiger partial charge in [0.05, 0.1) is 12.5 Å². The van der Waals surface area contributed by atoms with Gasteiger partial charge in [0.2, 0.25) is 17.7 Å². The summed E-state index contributed by atoms with van der Waals surface area (Å²) in [5, 5.41) is 34.2. The minimum Gasteiger partial charge on any atom is -0.481 e. The number of nitrogens with two attached hydrogens (primary N) is 2. The molecule has 0 heterocycles. The van der Waals surface area contributed by atoms with Crippen LogP contribution in [0.4, 0.5) is 0 Å². The van der Waals surface area contributed by atoms with Crippen molar-refractivity contribution < 1.29 is 44.1 Å². The number of rotatable bonds is 19. The zero-order valence-corrected chi connectivity index (χ0v) is 20.3. The van der Waals surface area contributed by atoms with Crippen LogP contribution in [0.2, 0.25) is 0 Å². The van der Waals surface area contributed by atoms with Crippen molar-refractivity contribution in [2.45, 2.75) is 69.1 Å². The van der Waals surface area contributed by atoms with Crippen molar-refractivity contribution >= 4 is 47.4 Å². The van der Waals surface area contributed by atoms with Crippen molar-refractivity contribution in [2.75, 3.05) is 18.6 Å². The molecule has 0 bridgehead atoms. The third-order valence-electron chi connectivity index (χ3n) is 4.82. The molecule has 35 heavy (non-hydrogen) atoms. The van der Waals surface area contributed by atoms with Gasteiger partial charge in [-0.3, -0.25) is 24.0 Å². The monoisotopic (exact) mass is 521 g/mol. The van der Waals surface area contributed by atoms with Crippen LogP contribution >= 0.6 is 11.8 Å². The number of aliphatic carboxylic acids is 3. The summed E-state index contributed by atoms with van der Waals surface area (Å²) in [6.45, 7) is 0.329. The van der Waals surface area contributed by atoms with Crippen molar-refractivity contribution in [3.8, 4) is 0 Å². The van der Waals surface area contributed by atoms with Gasteiger partial charge in [0, 0.05) is 6.42 Å². The van der Waals surface area contributed by atoms with Gasteiger partial charge in [0.1, 0.15) is 18.1 Å². The van der Waals surface area contributed by atoms with Crippen LogP contribution in [-0.2, 0) is 28.8 Å². The van der Waals surface area contributed by atoms with E-state index in [1.165, 1.54) is 11.8 Å². The topological polar surface area (TPSA) is 251 Å². The fourth-order valence-corrected chi connectivity index (χ4v) is 3.36. The maximum Gasteiger partial charge on any atom is 0.326 e. The van der Waals surface area contributed by atoms with Gasteiger partial charge < -0.3 is 42.7 Å². The van der Waals surface area contributed by atoms with Gasteiger partial charge >= 0.3 is 17.9 Å². The first-order valence-electron chi connectivity index (χ1n) is 10.9. The zero-order valence-electron chi connectivity index (χ0n) is 19.5. The Morgan fingerprint density at radius 3 is 1.86 bits per heavy atom. The molecule has 0 aromatic heterocycles. The number of unbranched alkanes of at least 4 members (excludes halogenated alkanes) is 1. The summed E-state index contributed by atoms with van der Waals surface area (Å²) >= 11 is 1.44. The molecular formula is C20H35N5O9S. The number of carboxylic acid groups (broad SMARTS) is 3. The van der Waals surface area contributed by atoms with Crippen LogP contribution in [0.1, 0.15) is 44.9 Å². The molecule has 0 rings (SSSR count). The molecule has 0 aromatic rings. The smallest absolute Gasteiger partial charge is 0.326 e. The van der Waals surface area contributed by atoms with Crippen molar-refractivity contribution in [1.82, 2.24) is 16.0 Å². The van der Waals surface area contributed by atoms with Crippen LogP contribution in [-0.4, -0.2) is 93.7 Å². The number of thioether (sulfide) groups is 1. The lowest BCUT2D eigenvalue weighted by Gasteiger charge is -2.24. The van der Waals surface area contributed by atoms with E-state index in [1.54, 1.807) is 6.26 Å². The predicted molar refractivity (Wildman–Crippen MR) is 126 cm³/mol. The van der Waals surface area contributed by atoms with Crippen LogP contribution in [0.5, 0.6) is 0 Å². The maximum absolute atomic E-state index is 12.7. The van der Waals surface area contributed by atoms with Crippen molar-refractivity contribution in [3.63, 3.8) is 0 Å². The van der Waals surface area contributed by atoms with E-state index in [2.05, 4.69) is 16.0 Å². The molecule has 14 nitrogen and oxygen atoms in total. The largest absolute Gasteiger partial charge is 0.481 e. The lowest BCUT2D eigenvalue weighted by molar-refractivity contribution is -0.143. The summed E-state index contributed by atoms with van der Waals surface area (Å²) < 4.78 is 0. The third-order valence-corrected chi connectivity index (χ3v) is 5.47. The highest BCUT2D eigenvalue weighted by molar-refractivity contribution is 7.98. The molecule has 0 fully saturated rings. The second-order valence-corrected chi connectivity index (χ2v) is 8.71. The van der Waals surface area contributed by atoms with E-state index in [1.807, 2.05) is 0 Å². The van der Waals surface area contributed by atoms with Gasteiger partial charge in [0.25, 0.3) is 0 Å².